The summed E-state index contributed by atoms with van der Waals surface area (Å²) < 4.78 is 2.04. The van der Waals surface area contributed by atoms with E-state index in [1.54, 1.807) is 6.20 Å². The van der Waals surface area contributed by atoms with E-state index in [9.17, 15) is 0 Å². The maximum Gasteiger partial charge on any atom is 0.191 e. The third-order valence-electron chi connectivity index (χ3n) is 4.99. The van der Waals surface area contributed by atoms with E-state index in [-0.39, 0.29) is 0 Å². The largest absolute Gasteiger partial charge is 0.357 e. The molecular weight excluding hydrogens is 336 g/mol. The molecule has 0 spiro atoms. The molecule has 0 bridgehead atoms. The first kappa shape index (κ1) is 19.4. The van der Waals surface area contributed by atoms with Crippen LogP contribution in [0.2, 0.25) is 0 Å². The Morgan fingerprint density at radius 2 is 2.04 bits per heavy atom. The Bertz CT molecular complexity index is 701. The average molecular weight is 369 g/mol. The Morgan fingerprint density at radius 1 is 1.22 bits per heavy atom. The van der Waals surface area contributed by atoms with Gasteiger partial charge in [0.25, 0.3) is 0 Å². The number of para-hydroxylation sites is 1. The molecule has 0 radical (unpaired) electrons. The van der Waals surface area contributed by atoms with Crippen LogP contribution in [0.4, 0.5) is 0 Å². The average Bonchev–Trinajstić information content (AvgIpc) is 3.23. The first-order valence-corrected chi connectivity index (χ1v) is 10.1. The highest BCUT2D eigenvalue weighted by Gasteiger charge is 2.19. The zero-order valence-corrected chi connectivity index (χ0v) is 16.6. The van der Waals surface area contributed by atoms with E-state index in [0.29, 0.717) is 12.6 Å². The summed E-state index contributed by atoms with van der Waals surface area (Å²) in [6.07, 6.45) is 9.19. The van der Waals surface area contributed by atoms with E-state index in [1.165, 1.54) is 44.5 Å². The van der Waals surface area contributed by atoms with Crippen LogP contribution < -0.4 is 10.6 Å². The summed E-state index contributed by atoms with van der Waals surface area (Å²) in [5.41, 5.74) is 2.31. The molecule has 1 aromatic heterocycles. The third kappa shape index (κ3) is 5.57. The Hall–Kier alpha value is -2.34. The van der Waals surface area contributed by atoms with Gasteiger partial charge in [0.1, 0.15) is 0 Å². The Labute approximate surface area is 162 Å². The topological polar surface area (TPSA) is 57.5 Å². The minimum Gasteiger partial charge on any atom is -0.357 e. The van der Waals surface area contributed by atoms with Crippen molar-refractivity contribution in [1.82, 2.24) is 25.1 Å². The van der Waals surface area contributed by atoms with Gasteiger partial charge in [0.15, 0.2) is 5.96 Å². The summed E-state index contributed by atoms with van der Waals surface area (Å²) in [5, 5.41) is 7.03. The standard InChI is InChI=1S/C21H32N6/c1-3-12-26-13-9-19(10-14-26)25-21(23-4-2)24-16-18-7-5-6-8-20(18)27-15-11-22-17-27/h5-8,11,15,17,19H,3-4,9-10,12-14,16H2,1-2H3,(H2,23,24,25). The quantitative estimate of drug-likeness (QED) is 0.583. The number of guanidine groups is 1. The van der Waals surface area contributed by atoms with Crippen molar-refractivity contribution in [2.45, 2.75) is 45.7 Å². The molecule has 1 fully saturated rings. The fourth-order valence-electron chi connectivity index (χ4n) is 3.59. The van der Waals surface area contributed by atoms with E-state index in [0.717, 1.165) is 18.2 Å². The number of likely N-dealkylation sites (tertiary alicyclic amines) is 1. The molecule has 146 valence electrons. The number of nitrogens with zero attached hydrogens (tertiary/aromatic N) is 4. The molecule has 27 heavy (non-hydrogen) atoms. The molecule has 6 nitrogen and oxygen atoms in total. The van der Waals surface area contributed by atoms with Gasteiger partial charge in [-0.3, -0.25) is 0 Å². The second-order valence-electron chi connectivity index (χ2n) is 7.05. The fraction of sp³-hybridized carbons (Fsp3) is 0.524. The lowest BCUT2D eigenvalue weighted by Crippen LogP contribution is -2.48. The smallest absolute Gasteiger partial charge is 0.191 e. The number of nitrogens with one attached hydrogen (secondary N) is 2. The monoisotopic (exact) mass is 368 g/mol. The Kier molecular flexibility index (Phi) is 7.27. The van der Waals surface area contributed by atoms with E-state index >= 15 is 0 Å². The van der Waals surface area contributed by atoms with Gasteiger partial charge in [-0.1, -0.05) is 25.1 Å². The van der Waals surface area contributed by atoms with Crippen molar-refractivity contribution < 1.29 is 0 Å². The molecule has 1 saturated heterocycles. The molecule has 1 aliphatic heterocycles. The van der Waals surface area contributed by atoms with Crippen molar-refractivity contribution in [3.8, 4) is 5.69 Å². The summed E-state index contributed by atoms with van der Waals surface area (Å²) in [6, 6.07) is 8.85. The molecular formula is C21H32N6. The molecule has 2 N–H and O–H groups in total. The first-order chi connectivity index (χ1) is 13.3. The number of piperidine rings is 1. The zero-order chi connectivity index (χ0) is 18.9. The van der Waals surface area contributed by atoms with Crippen molar-refractivity contribution in [3.05, 3.63) is 48.5 Å². The minimum absolute atomic E-state index is 0.500. The first-order valence-electron chi connectivity index (χ1n) is 10.1. The number of aliphatic imine (C=N–C) groups is 1. The van der Waals surface area contributed by atoms with Crippen molar-refractivity contribution in [1.29, 1.82) is 0 Å². The van der Waals surface area contributed by atoms with Gasteiger partial charge in [-0.25, -0.2) is 9.98 Å². The van der Waals surface area contributed by atoms with Crippen molar-refractivity contribution >= 4 is 5.96 Å². The van der Waals surface area contributed by atoms with Gasteiger partial charge in [0.05, 0.1) is 18.6 Å². The van der Waals surface area contributed by atoms with Gasteiger partial charge in [-0.05, 0) is 44.4 Å². The van der Waals surface area contributed by atoms with Gasteiger partial charge < -0.3 is 20.1 Å². The highest BCUT2D eigenvalue weighted by Crippen LogP contribution is 2.15. The molecule has 6 heteroatoms. The van der Waals surface area contributed by atoms with Crippen LogP contribution in [0.25, 0.3) is 5.69 Å². The number of hydrogen-bond donors (Lipinski definition) is 2. The van der Waals surface area contributed by atoms with Crippen LogP contribution in [0, 0.1) is 0 Å². The van der Waals surface area contributed by atoms with Crippen LogP contribution in [-0.4, -0.2) is 52.6 Å². The predicted octanol–water partition coefficient (Wildman–Crippen LogP) is 2.80. The molecule has 0 amide bonds. The van der Waals surface area contributed by atoms with Crippen LogP contribution >= 0.6 is 0 Å². The Morgan fingerprint density at radius 3 is 2.74 bits per heavy atom. The maximum absolute atomic E-state index is 4.85. The van der Waals surface area contributed by atoms with Gasteiger partial charge in [0, 0.05) is 38.1 Å². The molecule has 1 aliphatic rings. The molecule has 3 rings (SSSR count). The zero-order valence-electron chi connectivity index (χ0n) is 16.6. The minimum atomic E-state index is 0.500. The lowest BCUT2D eigenvalue weighted by atomic mass is 10.1. The molecule has 2 aromatic rings. The Balaban J connectivity index is 1.63. The lowest BCUT2D eigenvalue weighted by Gasteiger charge is -2.32. The van der Waals surface area contributed by atoms with Crippen LogP contribution in [0.1, 0.15) is 38.7 Å². The normalized spacial score (nSPS) is 16.4. The summed E-state index contributed by atoms with van der Waals surface area (Å²) in [6.45, 7) is 9.43. The third-order valence-corrected chi connectivity index (χ3v) is 4.99. The summed E-state index contributed by atoms with van der Waals surface area (Å²) in [5.74, 6) is 0.909. The van der Waals surface area contributed by atoms with E-state index < -0.39 is 0 Å². The molecule has 0 atom stereocenters. The van der Waals surface area contributed by atoms with Crippen molar-refractivity contribution in [2.24, 2.45) is 4.99 Å². The van der Waals surface area contributed by atoms with Gasteiger partial charge in [-0.15, -0.1) is 0 Å². The summed E-state index contributed by atoms with van der Waals surface area (Å²) in [7, 11) is 0. The molecule has 1 aromatic carbocycles. The second-order valence-corrected chi connectivity index (χ2v) is 7.05. The predicted molar refractivity (Wildman–Crippen MR) is 111 cm³/mol. The number of benzene rings is 1. The van der Waals surface area contributed by atoms with Gasteiger partial charge in [0.2, 0.25) is 0 Å². The summed E-state index contributed by atoms with van der Waals surface area (Å²) in [4.78, 5) is 11.6. The lowest BCUT2D eigenvalue weighted by molar-refractivity contribution is 0.206. The SMILES string of the molecule is CCCN1CCC(NC(=NCc2ccccc2-n2ccnc2)NCC)CC1. The van der Waals surface area contributed by atoms with Crippen LogP contribution in [0.5, 0.6) is 0 Å². The molecule has 2 heterocycles. The number of aromatic nitrogens is 2. The van der Waals surface area contributed by atoms with Crippen LogP contribution in [0.3, 0.4) is 0 Å². The molecule has 0 aliphatic carbocycles. The number of hydrogen-bond acceptors (Lipinski definition) is 3. The fourth-order valence-corrected chi connectivity index (χ4v) is 3.59. The van der Waals surface area contributed by atoms with E-state index in [4.69, 9.17) is 4.99 Å². The van der Waals surface area contributed by atoms with Crippen molar-refractivity contribution in [3.63, 3.8) is 0 Å². The molecule has 0 unspecified atom stereocenters. The number of rotatable bonds is 7. The highest BCUT2D eigenvalue weighted by atomic mass is 15.2. The highest BCUT2D eigenvalue weighted by molar-refractivity contribution is 5.80. The van der Waals surface area contributed by atoms with E-state index in [2.05, 4.69) is 58.6 Å². The van der Waals surface area contributed by atoms with Crippen LogP contribution in [0.15, 0.2) is 48.0 Å². The van der Waals surface area contributed by atoms with Gasteiger partial charge in [-0.2, -0.15) is 0 Å². The number of imidazole rings is 1. The summed E-state index contributed by atoms with van der Waals surface area (Å²) >= 11 is 0. The maximum atomic E-state index is 4.85. The second kappa shape index (κ2) is 10.1. The van der Waals surface area contributed by atoms with Gasteiger partial charge >= 0.3 is 0 Å². The van der Waals surface area contributed by atoms with Crippen molar-refractivity contribution in [2.75, 3.05) is 26.2 Å². The van der Waals surface area contributed by atoms with Crippen LogP contribution in [-0.2, 0) is 6.54 Å². The van der Waals surface area contributed by atoms with E-state index in [1.807, 2.05) is 17.1 Å². The molecule has 0 saturated carbocycles.